The van der Waals surface area contributed by atoms with E-state index in [1.54, 1.807) is 0 Å². The fraction of sp³-hybridized carbons (Fsp3) is 0.972. The highest BCUT2D eigenvalue weighted by molar-refractivity contribution is 7.80. The molecule has 0 radical (unpaired) electrons. The van der Waals surface area contributed by atoms with Crippen LogP contribution in [0.1, 0.15) is 168 Å². The summed E-state index contributed by atoms with van der Waals surface area (Å²) in [6, 6.07) is -0.848. The Labute approximate surface area is 297 Å². The Bertz CT molecular complexity index is 909. The molecule has 1 rings (SSSR count). The number of aliphatic hydroxyl groups is 4. The first-order valence-corrected chi connectivity index (χ1v) is 20.8. The van der Waals surface area contributed by atoms with Gasteiger partial charge in [0.1, 0.15) is 24.4 Å². The monoisotopic (exact) mass is 725 g/mol. The first-order chi connectivity index (χ1) is 23.5. The van der Waals surface area contributed by atoms with Gasteiger partial charge in [-0.15, -0.1) is 0 Å². The molecule has 0 saturated carbocycles. The largest absolute Gasteiger partial charge is 0.397 e. The van der Waals surface area contributed by atoms with E-state index in [9.17, 15) is 33.6 Å². The highest BCUT2D eigenvalue weighted by atomic mass is 32.3. The molecule has 0 aromatic heterocycles. The molecule has 292 valence electrons. The molecule has 1 fully saturated rings. The molecule has 7 atom stereocenters. The average molecular weight is 726 g/mol. The zero-order valence-electron chi connectivity index (χ0n) is 30.5. The van der Waals surface area contributed by atoms with Crippen LogP contribution in [0.5, 0.6) is 0 Å². The van der Waals surface area contributed by atoms with Crippen molar-refractivity contribution in [3.8, 4) is 0 Å². The van der Waals surface area contributed by atoms with Gasteiger partial charge < -0.3 is 35.2 Å². The summed E-state index contributed by atoms with van der Waals surface area (Å²) in [5.74, 6) is -0.233. The third-order valence-corrected chi connectivity index (χ3v) is 9.88. The van der Waals surface area contributed by atoms with Crippen LogP contribution < -0.4 is 5.32 Å². The Hall–Kier alpha value is -0.900. The van der Waals surface area contributed by atoms with Crippen LogP contribution in [0.3, 0.4) is 0 Å². The molecule has 1 heterocycles. The van der Waals surface area contributed by atoms with E-state index in [0.29, 0.717) is 12.8 Å². The van der Waals surface area contributed by atoms with Gasteiger partial charge in [0.05, 0.1) is 25.4 Å². The van der Waals surface area contributed by atoms with Gasteiger partial charge in [-0.25, -0.2) is 4.18 Å². The average Bonchev–Trinajstić information content (AvgIpc) is 3.06. The van der Waals surface area contributed by atoms with Crippen LogP contribution in [0.25, 0.3) is 0 Å². The standard InChI is InChI=1S/C36H71NO11S/c1-3-5-7-9-11-13-15-17-19-21-23-25-30(39)29(37-32(40)26-24-22-20-18-16-14-12-10-8-6-4-2)28-46-36-34(42)35(48-49(43,44)45)33(41)31(27-38)47-36/h29-31,33-36,38-39,41-42H,3-28H2,1-2H3,(H,37,40)(H,43,44,45). The van der Waals surface area contributed by atoms with Crippen molar-refractivity contribution in [2.24, 2.45) is 0 Å². The van der Waals surface area contributed by atoms with Crippen molar-refractivity contribution < 1.29 is 51.8 Å². The second-order valence-electron chi connectivity index (χ2n) is 13.9. The molecular weight excluding hydrogens is 654 g/mol. The fourth-order valence-electron chi connectivity index (χ4n) is 6.34. The minimum Gasteiger partial charge on any atom is -0.394 e. The van der Waals surface area contributed by atoms with Crippen LogP contribution in [0.4, 0.5) is 0 Å². The number of nitrogens with one attached hydrogen (secondary N) is 1. The first-order valence-electron chi connectivity index (χ1n) is 19.4. The fourth-order valence-corrected chi connectivity index (χ4v) is 6.85. The summed E-state index contributed by atoms with van der Waals surface area (Å²) in [5, 5.41) is 44.5. The third-order valence-electron chi connectivity index (χ3n) is 9.42. The van der Waals surface area contributed by atoms with Gasteiger partial charge in [0, 0.05) is 6.42 Å². The van der Waals surface area contributed by atoms with E-state index >= 15 is 0 Å². The van der Waals surface area contributed by atoms with Gasteiger partial charge in [0.15, 0.2) is 6.29 Å². The van der Waals surface area contributed by atoms with E-state index in [-0.39, 0.29) is 12.5 Å². The van der Waals surface area contributed by atoms with Crippen molar-refractivity contribution >= 4 is 16.3 Å². The molecule has 0 aliphatic carbocycles. The number of rotatable bonds is 32. The van der Waals surface area contributed by atoms with Crippen molar-refractivity contribution in [2.45, 2.75) is 211 Å². The van der Waals surface area contributed by atoms with Crippen LogP contribution in [0.2, 0.25) is 0 Å². The molecule has 0 aromatic rings. The maximum Gasteiger partial charge on any atom is 0.397 e. The first kappa shape index (κ1) is 46.1. The smallest absolute Gasteiger partial charge is 0.394 e. The minimum atomic E-state index is -5.06. The SMILES string of the molecule is CCCCCCCCCCCCCC(=O)NC(COC1OC(CO)C(O)C(OS(=O)(=O)O)C1O)C(O)CCCCCCCCCCCCC. The van der Waals surface area contributed by atoms with Gasteiger partial charge in [-0.05, 0) is 12.8 Å². The molecule has 1 aliphatic rings. The number of hydrogen-bond acceptors (Lipinski definition) is 10. The summed E-state index contributed by atoms with van der Waals surface area (Å²) in [6.07, 6.45) is 16.9. The Morgan fingerprint density at radius 2 is 1.18 bits per heavy atom. The van der Waals surface area contributed by atoms with Crippen molar-refractivity contribution in [3.05, 3.63) is 0 Å². The van der Waals surface area contributed by atoms with Gasteiger partial charge in [-0.3, -0.25) is 9.35 Å². The number of ether oxygens (including phenoxy) is 2. The molecule has 1 aliphatic heterocycles. The van der Waals surface area contributed by atoms with E-state index in [2.05, 4.69) is 23.3 Å². The highest BCUT2D eigenvalue weighted by Gasteiger charge is 2.48. The van der Waals surface area contributed by atoms with Crippen molar-refractivity contribution in [1.82, 2.24) is 5.32 Å². The van der Waals surface area contributed by atoms with Crippen LogP contribution >= 0.6 is 0 Å². The topological polar surface area (TPSA) is 192 Å². The Morgan fingerprint density at radius 3 is 1.63 bits per heavy atom. The zero-order chi connectivity index (χ0) is 36.3. The molecule has 1 amide bonds. The van der Waals surface area contributed by atoms with E-state index in [1.165, 1.54) is 89.9 Å². The summed E-state index contributed by atoms with van der Waals surface area (Å²) in [4.78, 5) is 12.9. The van der Waals surface area contributed by atoms with Gasteiger partial charge in [0.2, 0.25) is 5.91 Å². The molecule has 0 spiro atoms. The van der Waals surface area contributed by atoms with Crippen LogP contribution in [0, 0.1) is 0 Å². The van der Waals surface area contributed by atoms with Gasteiger partial charge >= 0.3 is 10.4 Å². The molecule has 0 aromatic carbocycles. The molecular formula is C36H71NO11S. The normalized spacial score (nSPS) is 22.6. The zero-order valence-corrected chi connectivity index (χ0v) is 31.3. The van der Waals surface area contributed by atoms with Crippen LogP contribution in [0.15, 0.2) is 0 Å². The second kappa shape index (κ2) is 28.7. The summed E-state index contributed by atoms with van der Waals surface area (Å²) in [6.45, 7) is 3.39. The molecule has 6 N–H and O–H groups in total. The molecule has 49 heavy (non-hydrogen) atoms. The summed E-state index contributed by atoms with van der Waals surface area (Å²) >= 11 is 0. The van der Waals surface area contributed by atoms with E-state index in [1.807, 2.05) is 0 Å². The number of carbonyl (C=O) groups excluding carboxylic acids is 1. The lowest BCUT2D eigenvalue weighted by Crippen LogP contribution is -2.61. The Morgan fingerprint density at radius 1 is 0.735 bits per heavy atom. The minimum absolute atomic E-state index is 0.233. The summed E-state index contributed by atoms with van der Waals surface area (Å²) in [7, 11) is -5.06. The van der Waals surface area contributed by atoms with Gasteiger partial charge in [-0.2, -0.15) is 8.42 Å². The number of carbonyl (C=O) groups is 1. The van der Waals surface area contributed by atoms with Crippen LogP contribution in [-0.2, 0) is 28.9 Å². The predicted octanol–water partition coefficient (Wildman–Crippen LogP) is 5.88. The lowest BCUT2D eigenvalue weighted by Gasteiger charge is -2.41. The molecule has 1 saturated heterocycles. The maximum absolute atomic E-state index is 12.9. The van der Waals surface area contributed by atoms with Crippen molar-refractivity contribution in [3.63, 3.8) is 0 Å². The second-order valence-corrected chi connectivity index (χ2v) is 14.9. The molecule has 0 bridgehead atoms. The molecule has 12 nitrogen and oxygen atoms in total. The summed E-state index contributed by atoms with van der Waals surface area (Å²) < 4.78 is 47.3. The Balaban J connectivity index is 2.61. The highest BCUT2D eigenvalue weighted by Crippen LogP contribution is 2.26. The summed E-state index contributed by atoms with van der Waals surface area (Å²) in [5.41, 5.74) is 0. The van der Waals surface area contributed by atoms with E-state index in [0.717, 1.165) is 51.4 Å². The van der Waals surface area contributed by atoms with Crippen molar-refractivity contribution in [2.75, 3.05) is 13.2 Å². The van der Waals surface area contributed by atoms with Gasteiger partial charge in [0.25, 0.3) is 0 Å². The quantitative estimate of drug-likeness (QED) is 0.0359. The number of amides is 1. The number of hydrogen-bond donors (Lipinski definition) is 6. The molecule has 13 heteroatoms. The van der Waals surface area contributed by atoms with Crippen molar-refractivity contribution in [1.29, 1.82) is 0 Å². The maximum atomic E-state index is 12.9. The number of unbranched alkanes of at least 4 members (excludes halogenated alkanes) is 20. The van der Waals surface area contributed by atoms with E-state index < -0.39 is 59.9 Å². The lowest BCUT2D eigenvalue weighted by molar-refractivity contribution is -0.298. The predicted molar refractivity (Wildman–Crippen MR) is 190 cm³/mol. The van der Waals surface area contributed by atoms with Crippen LogP contribution in [-0.4, -0.2) is 95.4 Å². The third kappa shape index (κ3) is 22.6. The number of aliphatic hydroxyl groups excluding tert-OH is 4. The molecule has 7 unspecified atom stereocenters. The van der Waals surface area contributed by atoms with Gasteiger partial charge in [-0.1, -0.05) is 149 Å². The Kier molecular flexibility index (Phi) is 27.0. The lowest BCUT2D eigenvalue weighted by atomic mass is 9.99. The van der Waals surface area contributed by atoms with E-state index in [4.69, 9.17) is 14.0 Å².